The quantitative estimate of drug-likeness (QED) is 0.523. The molecule has 1 rings (SSSR count). The minimum absolute atomic E-state index is 0.0412. The lowest BCUT2D eigenvalue weighted by molar-refractivity contribution is -0.120. The molecule has 0 aromatic heterocycles. The average Bonchev–Trinajstić information content (AvgIpc) is 2.97. The molecule has 1 atom stereocenters. The molecule has 0 aromatic carbocycles. The number of hydrogen-bond acceptors (Lipinski definition) is 4. The van der Waals surface area contributed by atoms with Crippen LogP contribution in [0.25, 0.3) is 0 Å². The SMILES string of the molecule is CC(CN)S(=O)(=O)NCC(=O)NC1CC1. The van der Waals surface area contributed by atoms with Gasteiger partial charge in [0.1, 0.15) is 0 Å². The Kier molecular flexibility index (Phi) is 4.06. The largest absolute Gasteiger partial charge is 0.352 e. The summed E-state index contributed by atoms with van der Waals surface area (Å²) in [5.74, 6) is -0.287. The molecule has 1 fully saturated rings. The third-order valence-electron chi connectivity index (χ3n) is 2.24. The van der Waals surface area contributed by atoms with Gasteiger partial charge in [-0.05, 0) is 19.8 Å². The summed E-state index contributed by atoms with van der Waals surface area (Å²) in [4.78, 5) is 11.2. The highest BCUT2D eigenvalue weighted by Crippen LogP contribution is 2.18. The molecule has 1 aliphatic carbocycles. The summed E-state index contributed by atoms with van der Waals surface area (Å²) in [5, 5.41) is 2.01. The summed E-state index contributed by atoms with van der Waals surface area (Å²) in [5.41, 5.74) is 5.24. The van der Waals surface area contributed by atoms with Gasteiger partial charge in [-0.25, -0.2) is 13.1 Å². The first-order chi connectivity index (χ1) is 6.95. The molecule has 0 saturated heterocycles. The van der Waals surface area contributed by atoms with Crippen LogP contribution >= 0.6 is 0 Å². The van der Waals surface area contributed by atoms with Gasteiger partial charge in [-0.15, -0.1) is 0 Å². The maximum atomic E-state index is 11.4. The molecule has 1 unspecified atom stereocenters. The molecule has 0 aliphatic heterocycles. The van der Waals surface area contributed by atoms with Crippen LogP contribution in [0.4, 0.5) is 0 Å². The van der Waals surface area contributed by atoms with Crippen LogP contribution in [-0.2, 0) is 14.8 Å². The van der Waals surface area contributed by atoms with Gasteiger partial charge in [-0.1, -0.05) is 0 Å². The van der Waals surface area contributed by atoms with E-state index in [-0.39, 0.29) is 25.0 Å². The number of nitrogens with one attached hydrogen (secondary N) is 2. The third kappa shape index (κ3) is 4.15. The fourth-order valence-corrected chi connectivity index (χ4v) is 1.81. The monoisotopic (exact) mass is 235 g/mol. The van der Waals surface area contributed by atoms with Gasteiger partial charge < -0.3 is 11.1 Å². The molecule has 4 N–H and O–H groups in total. The smallest absolute Gasteiger partial charge is 0.235 e. The molecule has 6 nitrogen and oxygen atoms in total. The second kappa shape index (κ2) is 4.91. The van der Waals surface area contributed by atoms with Crippen molar-refractivity contribution < 1.29 is 13.2 Å². The maximum absolute atomic E-state index is 11.4. The van der Waals surface area contributed by atoms with Gasteiger partial charge in [0.15, 0.2) is 0 Å². The lowest BCUT2D eigenvalue weighted by Gasteiger charge is -2.11. The summed E-state index contributed by atoms with van der Waals surface area (Å²) in [7, 11) is -3.46. The minimum Gasteiger partial charge on any atom is -0.352 e. The summed E-state index contributed by atoms with van der Waals surface area (Å²) in [6.45, 7) is 1.34. The van der Waals surface area contributed by atoms with Gasteiger partial charge in [-0.2, -0.15) is 0 Å². The van der Waals surface area contributed by atoms with Crippen molar-refractivity contribution in [3.05, 3.63) is 0 Å². The Morgan fingerprint density at radius 3 is 2.60 bits per heavy atom. The van der Waals surface area contributed by atoms with Gasteiger partial charge in [0.2, 0.25) is 15.9 Å². The van der Waals surface area contributed by atoms with Gasteiger partial charge in [0, 0.05) is 12.6 Å². The zero-order valence-electron chi connectivity index (χ0n) is 8.69. The Morgan fingerprint density at radius 1 is 1.53 bits per heavy atom. The van der Waals surface area contributed by atoms with Crippen molar-refractivity contribution in [1.29, 1.82) is 0 Å². The van der Waals surface area contributed by atoms with Gasteiger partial charge in [0.25, 0.3) is 0 Å². The van der Waals surface area contributed by atoms with E-state index in [1.807, 2.05) is 0 Å². The van der Waals surface area contributed by atoms with E-state index in [1.165, 1.54) is 6.92 Å². The molecule has 15 heavy (non-hydrogen) atoms. The van der Waals surface area contributed by atoms with Crippen molar-refractivity contribution in [3.63, 3.8) is 0 Å². The van der Waals surface area contributed by atoms with Crippen LogP contribution in [-0.4, -0.2) is 38.7 Å². The second-order valence-corrected chi connectivity index (χ2v) is 5.94. The van der Waals surface area contributed by atoms with Gasteiger partial charge in [-0.3, -0.25) is 4.79 Å². The predicted molar refractivity (Wildman–Crippen MR) is 56.6 cm³/mol. The van der Waals surface area contributed by atoms with E-state index in [2.05, 4.69) is 10.0 Å². The standard InChI is InChI=1S/C8H17N3O3S/c1-6(4-9)15(13,14)10-5-8(12)11-7-2-3-7/h6-7,10H,2-5,9H2,1H3,(H,11,12). The first kappa shape index (κ1) is 12.4. The van der Waals surface area contributed by atoms with Crippen molar-refractivity contribution in [2.24, 2.45) is 5.73 Å². The average molecular weight is 235 g/mol. The number of hydrogen-bond donors (Lipinski definition) is 3. The van der Waals surface area contributed by atoms with E-state index in [4.69, 9.17) is 5.73 Å². The van der Waals surface area contributed by atoms with Crippen LogP contribution < -0.4 is 15.8 Å². The zero-order chi connectivity index (χ0) is 11.5. The topological polar surface area (TPSA) is 101 Å². The molecular weight excluding hydrogens is 218 g/mol. The highest BCUT2D eigenvalue weighted by Gasteiger charge is 2.24. The summed E-state index contributed by atoms with van der Waals surface area (Å²) in [6, 6.07) is 0.244. The molecule has 1 aliphatic rings. The lowest BCUT2D eigenvalue weighted by atomic mass is 10.5. The number of nitrogens with two attached hydrogens (primary N) is 1. The summed E-state index contributed by atoms with van der Waals surface area (Å²) < 4.78 is 25.0. The molecule has 0 heterocycles. The molecular formula is C8H17N3O3S. The minimum atomic E-state index is -3.46. The fraction of sp³-hybridized carbons (Fsp3) is 0.875. The van der Waals surface area contributed by atoms with Crippen molar-refractivity contribution in [3.8, 4) is 0 Å². The van der Waals surface area contributed by atoms with E-state index in [0.717, 1.165) is 12.8 Å². The van der Waals surface area contributed by atoms with Crippen LogP contribution in [0.15, 0.2) is 0 Å². The van der Waals surface area contributed by atoms with Crippen LogP contribution in [0.5, 0.6) is 0 Å². The number of rotatable bonds is 6. The van der Waals surface area contributed by atoms with Crippen molar-refractivity contribution in [2.45, 2.75) is 31.1 Å². The van der Waals surface area contributed by atoms with Gasteiger partial charge >= 0.3 is 0 Å². The number of carbonyl (C=O) groups is 1. The fourth-order valence-electron chi connectivity index (χ4n) is 0.941. The van der Waals surface area contributed by atoms with Crippen LogP contribution in [0.2, 0.25) is 0 Å². The van der Waals surface area contributed by atoms with E-state index < -0.39 is 15.3 Å². The molecule has 0 radical (unpaired) electrons. The maximum Gasteiger partial charge on any atom is 0.235 e. The highest BCUT2D eigenvalue weighted by atomic mass is 32.2. The first-order valence-electron chi connectivity index (χ1n) is 4.93. The first-order valence-corrected chi connectivity index (χ1v) is 6.48. The Bertz CT molecular complexity index is 324. The van der Waals surface area contributed by atoms with Gasteiger partial charge in [0.05, 0.1) is 11.8 Å². The molecule has 0 aromatic rings. The third-order valence-corrected chi connectivity index (χ3v) is 4.04. The number of sulfonamides is 1. The highest BCUT2D eigenvalue weighted by molar-refractivity contribution is 7.90. The van der Waals surface area contributed by atoms with E-state index in [1.54, 1.807) is 0 Å². The van der Waals surface area contributed by atoms with Crippen LogP contribution in [0.1, 0.15) is 19.8 Å². The number of amides is 1. The number of carbonyl (C=O) groups excluding carboxylic acids is 1. The lowest BCUT2D eigenvalue weighted by Crippen LogP contribution is -2.42. The predicted octanol–water partition coefficient (Wildman–Crippen LogP) is -1.47. The summed E-state index contributed by atoms with van der Waals surface area (Å²) in [6.07, 6.45) is 1.97. The zero-order valence-corrected chi connectivity index (χ0v) is 9.51. The van der Waals surface area contributed by atoms with E-state index in [0.29, 0.717) is 0 Å². The Hall–Kier alpha value is -0.660. The van der Waals surface area contributed by atoms with E-state index >= 15 is 0 Å². The molecule has 1 saturated carbocycles. The molecule has 1 amide bonds. The normalized spacial score (nSPS) is 18.5. The second-order valence-electron chi connectivity index (χ2n) is 3.75. The van der Waals surface area contributed by atoms with Crippen LogP contribution in [0, 0.1) is 0 Å². The molecule has 88 valence electrons. The Labute approximate surface area is 89.6 Å². The molecule has 7 heteroatoms. The van der Waals surface area contributed by atoms with Crippen molar-refractivity contribution >= 4 is 15.9 Å². The molecule has 0 bridgehead atoms. The Morgan fingerprint density at radius 2 is 2.13 bits per heavy atom. The van der Waals surface area contributed by atoms with Crippen LogP contribution in [0.3, 0.4) is 0 Å². The Balaban J connectivity index is 2.31. The van der Waals surface area contributed by atoms with E-state index in [9.17, 15) is 13.2 Å². The summed E-state index contributed by atoms with van der Waals surface area (Å²) >= 11 is 0. The van der Waals surface area contributed by atoms with Crippen molar-refractivity contribution in [2.75, 3.05) is 13.1 Å². The molecule has 0 spiro atoms. The van der Waals surface area contributed by atoms with Crippen molar-refractivity contribution in [1.82, 2.24) is 10.0 Å².